The van der Waals surface area contributed by atoms with E-state index in [1.807, 2.05) is 32.9 Å². The van der Waals surface area contributed by atoms with Gasteiger partial charge in [-0.2, -0.15) is 0 Å². The van der Waals surface area contributed by atoms with Crippen LogP contribution in [0.1, 0.15) is 50.2 Å². The summed E-state index contributed by atoms with van der Waals surface area (Å²) in [4.78, 5) is 61.6. The van der Waals surface area contributed by atoms with E-state index in [4.69, 9.17) is 4.74 Å². The van der Waals surface area contributed by atoms with E-state index in [9.17, 15) is 24.0 Å². The van der Waals surface area contributed by atoms with E-state index in [0.29, 0.717) is 16.8 Å². The number of carbonyl (C=O) groups is 5. The van der Waals surface area contributed by atoms with Crippen LogP contribution in [0.2, 0.25) is 0 Å². The smallest absolute Gasteiger partial charge is 0.325 e. The number of anilines is 1. The van der Waals surface area contributed by atoms with Gasteiger partial charge in [-0.25, -0.2) is 4.79 Å². The molecule has 1 aliphatic heterocycles. The van der Waals surface area contributed by atoms with Gasteiger partial charge in [0.2, 0.25) is 0 Å². The van der Waals surface area contributed by atoms with Crippen LogP contribution in [0.5, 0.6) is 0 Å². The third-order valence-corrected chi connectivity index (χ3v) is 5.14. The highest BCUT2D eigenvalue weighted by Gasteiger charge is 2.35. The number of esters is 1. The standard InChI is InChI=1S/C24H25N3O6/c1-14-7-9-19(16(3)11-14)25-24(32)26-20(28)13-33-21(29)5-4-10-27-22(30)17-8-6-15(2)12-18(17)23(27)31/h6-9,11-12H,4-5,10,13H2,1-3H3,(H2,25,26,28,32). The summed E-state index contributed by atoms with van der Waals surface area (Å²) in [6.45, 7) is 5.03. The van der Waals surface area contributed by atoms with Gasteiger partial charge in [-0.3, -0.25) is 29.4 Å². The molecule has 9 nitrogen and oxygen atoms in total. The van der Waals surface area contributed by atoms with Crippen LogP contribution >= 0.6 is 0 Å². The van der Waals surface area contributed by atoms with Crippen LogP contribution in [-0.2, 0) is 14.3 Å². The number of benzene rings is 2. The summed E-state index contributed by atoms with van der Waals surface area (Å²) >= 11 is 0. The molecule has 2 aromatic carbocycles. The molecule has 0 radical (unpaired) electrons. The predicted octanol–water partition coefficient (Wildman–Crippen LogP) is 2.88. The molecule has 0 aromatic heterocycles. The number of urea groups is 1. The topological polar surface area (TPSA) is 122 Å². The zero-order valence-electron chi connectivity index (χ0n) is 18.7. The summed E-state index contributed by atoms with van der Waals surface area (Å²) < 4.78 is 4.87. The summed E-state index contributed by atoms with van der Waals surface area (Å²) in [7, 11) is 0. The van der Waals surface area contributed by atoms with Gasteiger partial charge < -0.3 is 10.1 Å². The van der Waals surface area contributed by atoms with Gasteiger partial charge in [0.05, 0.1) is 11.1 Å². The van der Waals surface area contributed by atoms with Crippen LogP contribution in [-0.4, -0.2) is 47.8 Å². The number of amides is 5. The summed E-state index contributed by atoms with van der Waals surface area (Å²) in [6.07, 6.45) is 0.104. The first kappa shape index (κ1) is 23.6. The quantitative estimate of drug-likeness (QED) is 0.493. The summed E-state index contributed by atoms with van der Waals surface area (Å²) in [6, 6.07) is 9.76. The molecule has 3 rings (SSSR count). The van der Waals surface area contributed by atoms with Crippen LogP contribution < -0.4 is 10.6 Å². The number of fused-ring (bicyclic) bond motifs is 1. The average molecular weight is 451 g/mol. The van der Waals surface area contributed by atoms with Crippen LogP contribution in [0.4, 0.5) is 10.5 Å². The fourth-order valence-electron chi connectivity index (χ4n) is 3.48. The molecule has 33 heavy (non-hydrogen) atoms. The largest absolute Gasteiger partial charge is 0.456 e. The minimum atomic E-state index is -0.777. The lowest BCUT2D eigenvalue weighted by Gasteiger charge is -2.13. The minimum Gasteiger partial charge on any atom is -0.456 e. The van der Waals surface area contributed by atoms with E-state index in [1.165, 1.54) is 0 Å². The van der Waals surface area contributed by atoms with Gasteiger partial charge in [0.1, 0.15) is 0 Å². The Kier molecular flexibility index (Phi) is 7.22. The average Bonchev–Trinajstić information content (AvgIpc) is 2.98. The van der Waals surface area contributed by atoms with Crippen molar-refractivity contribution in [3.05, 3.63) is 64.2 Å². The molecule has 2 N–H and O–H groups in total. The van der Waals surface area contributed by atoms with Gasteiger partial charge in [-0.1, -0.05) is 29.3 Å². The zero-order chi connectivity index (χ0) is 24.1. The summed E-state index contributed by atoms with van der Waals surface area (Å²) in [5.41, 5.74) is 4.03. The van der Waals surface area contributed by atoms with Crippen molar-refractivity contribution in [1.29, 1.82) is 0 Å². The fraction of sp³-hybridized carbons (Fsp3) is 0.292. The summed E-state index contributed by atoms with van der Waals surface area (Å²) in [5, 5.41) is 4.65. The maximum atomic E-state index is 12.4. The Morgan fingerprint density at radius 1 is 0.909 bits per heavy atom. The number of hydrogen-bond donors (Lipinski definition) is 2. The van der Waals surface area contributed by atoms with Crippen molar-refractivity contribution in [2.75, 3.05) is 18.5 Å². The molecule has 0 saturated heterocycles. The zero-order valence-corrected chi connectivity index (χ0v) is 18.7. The minimum absolute atomic E-state index is 0.0605. The second-order valence-electron chi connectivity index (χ2n) is 7.90. The molecular formula is C24H25N3O6. The van der Waals surface area contributed by atoms with Crippen LogP contribution in [0.15, 0.2) is 36.4 Å². The van der Waals surface area contributed by atoms with Crippen LogP contribution in [0.25, 0.3) is 0 Å². The Bertz CT molecular complexity index is 1140. The van der Waals surface area contributed by atoms with E-state index in [1.54, 1.807) is 24.3 Å². The molecule has 0 aliphatic carbocycles. The molecule has 0 bridgehead atoms. The van der Waals surface area contributed by atoms with Crippen molar-refractivity contribution in [2.45, 2.75) is 33.6 Å². The van der Waals surface area contributed by atoms with Crippen molar-refractivity contribution in [2.24, 2.45) is 0 Å². The number of nitrogens with zero attached hydrogens (tertiary/aromatic N) is 1. The molecule has 0 saturated carbocycles. The Labute approximate surface area is 191 Å². The molecule has 172 valence electrons. The number of aryl methyl sites for hydroxylation is 3. The monoisotopic (exact) mass is 451 g/mol. The van der Waals surface area contributed by atoms with Crippen molar-refractivity contribution >= 4 is 35.4 Å². The highest BCUT2D eigenvalue weighted by molar-refractivity contribution is 6.21. The lowest BCUT2D eigenvalue weighted by molar-refractivity contribution is -0.148. The van der Waals surface area contributed by atoms with Crippen molar-refractivity contribution in [1.82, 2.24) is 10.2 Å². The molecule has 1 heterocycles. The van der Waals surface area contributed by atoms with E-state index in [-0.39, 0.29) is 25.3 Å². The molecule has 0 unspecified atom stereocenters. The maximum Gasteiger partial charge on any atom is 0.325 e. The van der Waals surface area contributed by atoms with E-state index in [0.717, 1.165) is 21.6 Å². The van der Waals surface area contributed by atoms with Gasteiger partial charge in [0, 0.05) is 18.7 Å². The first-order valence-electron chi connectivity index (χ1n) is 10.5. The first-order valence-corrected chi connectivity index (χ1v) is 10.5. The van der Waals surface area contributed by atoms with Gasteiger partial charge in [0.25, 0.3) is 17.7 Å². The molecule has 5 amide bonds. The lowest BCUT2D eigenvalue weighted by atomic mass is 10.1. The molecule has 0 spiro atoms. The van der Waals surface area contributed by atoms with Gasteiger partial charge in [-0.05, 0) is 51.0 Å². The Hall–Kier alpha value is -4.01. The third kappa shape index (κ3) is 5.82. The molecule has 2 aromatic rings. The lowest BCUT2D eigenvalue weighted by Crippen LogP contribution is -2.37. The second-order valence-corrected chi connectivity index (χ2v) is 7.90. The maximum absolute atomic E-state index is 12.4. The first-order chi connectivity index (χ1) is 15.7. The van der Waals surface area contributed by atoms with Gasteiger partial charge >= 0.3 is 12.0 Å². The fourth-order valence-corrected chi connectivity index (χ4v) is 3.48. The Morgan fingerprint density at radius 3 is 2.30 bits per heavy atom. The highest BCUT2D eigenvalue weighted by Crippen LogP contribution is 2.24. The number of imide groups is 2. The van der Waals surface area contributed by atoms with E-state index >= 15 is 0 Å². The number of carbonyl (C=O) groups excluding carboxylic acids is 5. The van der Waals surface area contributed by atoms with Crippen molar-refractivity contribution in [3.8, 4) is 0 Å². The van der Waals surface area contributed by atoms with Gasteiger partial charge in [0.15, 0.2) is 6.61 Å². The van der Waals surface area contributed by atoms with Crippen LogP contribution in [0, 0.1) is 20.8 Å². The van der Waals surface area contributed by atoms with Crippen molar-refractivity contribution in [3.63, 3.8) is 0 Å². The molecule has 0 fully saturated rings. The molecule has 1 aliphatic rings. The Morgan fingerprint density at radius 2 is 1.58 bits per heavy atom. The van der Waals surface area contributed by atoms with Gasteiger partial charge in [-0.15, -0.1) is 0 Å². The molecular weight excluding hydrogens is 426 g/mol. The van der Waals surface area contributed by atoms with Crippen LogP contribution in [0.3, 0.4) is 0 Å². The number of ether oxygens (including phenoxy) is 1. The summed E-state index contributed by atoms with van der Waals surface area (Å²) in [5.74, 6) is -2.23. The number of rotatable bonds is 7. The Balaban J connectivity index is 1.38. The number of nitrogens with one attached hydrogen (secondary N) is 2. The molecule has 9 heteroatoms. The van der Waals surface area contributed by atoms with E-state index in [2.05, 4.69) is 10.6 Å². The SMILES string of the molecule is Cc1ccc(NC(=O)NC(=O)COC(=O)CCCN2C(=O)c3ccc(C)cc3C2=O)c(C)c1. The highest BCUT2D eigenvalue weighted by atomic mass is 16.5. The second kappa shape index (κ2) is 10.1. The van der Waals surface area contributed by atoms with E-state index < -0.39 is 30.4 Å². The molecule has 0 atom stereocenters. The normalized spacial score (nSPS) is 12.4. The van der Waals surface area contributed by atoms with Crippen molar-refractivity contribution < 1.29 is 28.7 Å². The predicted molar refractivity (Wildman–Crippen MR) is 120 cm³/mol. The number of hydrogen-bond acceptors (Lipinski definition) is 6. The third-order valence-electron chi connectivity index (χ3n) is 5.14.